The van der Waals surface area contributed by atoms with Gasteiger partial charge in [0.05, 0.1) is 17.0 Å². The van der Waals surface area contributed by atoms with Gasteiger partial charge in [-0.15, -0.1) is 0 Å². The van der Waals surface area contributed by atoms with Gasteiger partial charge in [0.1, 0.15) is 12.6 Å². The number of anilines is 1. The number of cyclic esters (lactones) is 1. The fourth-order valence-electron chi connectivity index (χ4n) is 3.12. The SMILES string of the molecule is Cc1ccc([N+](=O)[O-])cc1NC(=O)C[C@H]1C(=O)OCCN1Cc1ccccc1. The Morgan fingerprint density at radius 2 is 2.04 bits per heavy atom. The fraction of sp³-hybridized carbons (Fsp3) is 0.300. The number of hydrogen-bond donors (Lipinski definition) is 1. The van der Waals surface area contributed by atoms with Gasteiger partial charge < -0.3 is 10.1 Å². The van der Waals surface area contributed by atoms with E-state index in [1.54, 1.807) is 13.0 Å². The fourth-order valence-corrected chi connectivity index (χ4v) is 3.12. The lowest BCUT2D eigenvalue weighted by Gasteiger charge is -2.33. The molecule has 1 fully saturated rings. The predicted molar refractivity (Wildman–Crippen MR) is 103 cm³/mol. The van der Waals surface area contributed by atoms with Crippen LogP contribution >= 0.6 is 0 Å². The van der Waals surface area contributed by atoms with Crippen molar-refractivity contribution in [2.24, 2.45) is 0 Å². The Morgan fingerprint density at radius 3 is 2.75 bits per heavy atom. The van der Waals surface area contributed by atoms with Gasteiger partial charge in [0.2, 0.25) is 5.91 Å². The molecule has 3 rings (SSSR count). The highest BCUT2D eigenvalue weighted by atomic mass is 16.6. The predicted octanol–water partition coefficient (Wildman–Crippen LogP) is 2.66. The highest BCUT2D eigenvalue weighted by Gasteiger charge is 2.33. The zero-order valence-corrected chi connectivity index (χ0v) is 15.5. The number of hydrogen-bond acceptors (Lipinski definition) is 6. The number of carbonyl (C=O) groups excluding carboxylic acids is 2. The molecule has 146 valence electrons. The summed E-state index contributed by atoms with van der Waals surface area (Å²) < 4.78 is 5.13. The Morgan fingerprint density at radius 1 is 1.29 bits per heavy atom. The molecule has 8 nitrogen and oxygen atoms in total. The van der Waals surface area contributed by atoms with E-state index >= 15 is 0 Å². The van der Waals surface area contributed by atoms with Gasteiger partial charge in [0.15, 0.2) is 0 Å². The Balaban J connectivity index is 1.71. The molecule has 1 amide bonds. The number of nitrogens with one attached hydrogen (secondary N) is 1. The topological polar surface area (TPSA) is 102 Å². The quantitative estimate of drug-likeness (QED) is 0.467. The van der Waals surface area contributed by atoms with Gasteiger partial charge in [-0.25, -0.2) is 0 Å². The highest BCUT2D eigenvalue weighted by molar-refractivity contribution is 5.95. The maximum absolute atomic E-state index is 12.5. The zero-order chi connectivity index (χ0) is 20.1. The third kappa shape index (κ3) is 4.72. The van der Waals surface area contributed by atoms with Gasteiger partial charge in [-0.2, -0.15) is 0 Å². The largest absolute Gasteiger partial charge is 0.463 e. The molecule has 8 heteroatoms. The van der Waals surface area contributed by atoms with Crippen LogP contribution in [0.2, 0.25) is 0 Å². The number of morpholine rings is 1. The van der Waals surface area contributed by atoms with Gasteiger partial charge in [-0.05, 0) is 18.1 Å². The number of aryl methyl sites for hydroxylation is 1. The third-order valence-electron chi connectivity index (χ3n) is 4.65. The van der Waals surface area contributed by atoms with Crippen LogP contribution in [0.5, 0.6) is 0 Å². The maximum Gasteiger partial charge on any atom is 0.323 e. The Kier molecular flexibility index (Phi) is 6.00. The van der Waals surface area contributed by atoms with Crippen molar-refractivity contribution >= 4 is 23.3 Å². The van der Waals surface area contributed by atoms with Gasteiger partial charge in [-0.3, -0.25) is 24.6 Å². The molecule has 1 atom stereocenters. The van der Waals surface area contributed by atoms with E-state index in [4.69, 9.17) is 4.74 Å². The Bertz CT molecular complexity index is 885. The standard InChI is InChI=1S/C20H21N3O5/c1-14-7-8-16(23(26)27)11-17(14)21-19(24)12-18-20(25)28-10-9-22(18)13-15-5-3-2-4-6-15/h2-8,11,18H,9-10,12-13H2,1H3,(H,21,24)/t18-/m0/s1. The summed E-state index contributed by atoms with van der Waals surface area (Å²) in [6.45, 7) is 3.10. The van der Waals surface area contributed by atoms with Gasteiger partial charge in [0, 0.05) is 25.2 Å². The summed E-state index contributed by atoms with van der Waals surface area (Å²) in [7, 11) is 0. The number of nitro groups is 1. The number of ether oxygens (including phenoxy) is 1. The van der Waals surface area contributed by atoms with E-state index < -0.39 is 22.8 Å². The molecule has 0 saturated carbocycles. The average molecular weight is 383 g/mol. The maximum atomic E-state index is 12.5. The van der Waals surface area contributed by atoms with E-state index in [1.165, 1.54) is 12.1 Å². The van der Waals surface area contributed by atoms with Crippen LogP contribution in [0.15, 0.2) is 48.5 Å². The summed E-state index contributed by atoms with van der Waals surface area (Å²) in [5.74, 6) is -0.835. The number of amides is 1. The van der Waals surface area contributed by atoms with E-state index in [0.29, 0.717) is 24.3 Å². The first-order valence-electron chi connectivity index (χ1n) is 8.93. The molecule has 0 unspecified atom stereocenters. The first kappa shape index (κ1) is 19.5. The number of nitrogens with zero attached hydrogens (tertiary/aromatic N) is 2. The van der Waals surface area contributed by atoms with Gasteiger partial charge in [0.25, 0.3) is 5.69 Å². The van der Waals surface area contributed by atoms with Crippen LogP contribution in [-0.2, 0) is 20.9 Å². The first-order valence-corrected chi connectivity index (χ1v) is 8.93. The van der Waals surface area contributed by atoms with Crippen LogP contribution in [0, 0.1) is 17.0 Å². The molecule has 0 radical (unpaired) electrons. The molecular weight excluding hydrogens is 362 g/mol. The zero-order valence-electron chi connectivity index (χ0n) is 15.5. The van der Waals surface area contributed by atoms with E-state index in [0.717, 1.165) is 5.56 Å². The molecule has 0 aromatic heterocycles. The Hall–Kier alpha value is -3.26. The van der Waals surface area contributed by atoms with E-state index in [9.17, 15) is 19.7 Å². The van der Waals surface area contributed by atoms with Crippen molar-refractivity contribution in [3.05, 3.63) is 69.8 Å². The molecule has 0 aliphatic carbocycles. The smallest absolute Gasteiger partial charge is 0.323 e. The van der Waals surface area contributed by atoms with Gasteiger partial charge in [-0.1, -0.05) is 36.4 Å². The second-order valence-electron chi connectivity index (χ2n) is 6.65. The summed E-state index contributed by atoms with van der Waals surface area (Å²) >= 11 is 0. The molecular formula is C20H21N3O5. The van der Waals surface area contributed by atoms with Crippen LogP contribution in [0.25, 0.3) is 0 Å². The van der Waals surface area contributed by atoms with E-state index in [2.05, 4.69) is 5.32 Å². The molecule has 0 bridgehead atoms. The molecule has 0 spiro atoms. The lowest BCUT2D eigenvalue weighted by molar-refractivity contribution is -0.384. The van der Waals surface area contributed by atoms with Crippen molar-refractivity contribution in [2.45, 2.75) is 25.9 Å². The lowest BCUT2D eigenvalue weighted by atomic mass is 10.1. The summed E-state index contributed by atoms with van der Waals surface area (Å²) in [6.07, 6.45) is -0.0895. The molecule has 1 aliphatic rings. The molecule has 2 aromatic carbocycles. The molecule has 2 aromatic rings. The molecule has 1 heterocycles. The summed E-state index contributed by atoms with van der Waals surface area (Å²) in [5.41, 5.74) is 1.99. The second-order valence-corrected chi connectivity index (χ2v) is 6.65. The summed E-state index contributed by atoms with van der Waals surface area (Å²) in [6, 6.07) is 13.2. The molecule has 1 saturated heterocycles. The average Bonchev–Trinajstić information content (AvgIpc) is 2.67. The van der Waals surface area contributed by atoms with Crippen LogP contribution in [-0.4, -0.2) is 40.9 Å². The molecule has 28 heavy (non-hydrogen) atoms. The molecule has 1 aliphatic heterocycles. The van der Waals surface area contributed by atoms with E-state index in [1.807, 2.05) is 35.2 Å². The van der Waals surface area contributed by atoms with E-state index in [-0.39, 0.29) is 18.7 Å². The van der Waals surface area contributed by atoms with Gasteiger partial charge >= 0.3 is 5.97 Å². The first-order chi connectivity index (χ1) is 13.4. The molecule has 1 N–H and O–H groups in total. The summed E-state index contributed by atoms with van der Waals surface area (Å²) in [5, 5.41) is 13.6. The second kappa shape index (κ2) is 8.62. The van der Waals surface area contributed by atoms with Crippen molar-refractivity contribution < 1.29 is 19.2 Å². The number of non-ortho nitro benzene ring substituents is 1. The van der Waals surface area contributed by atoms with Crippen molar-refractivity contribution in [3.8, 4) is 0 Å². The Labute approximate surface area is 162 Å². The minimum absolute atomic E-state index is 0.0895. The number of carbonyl (C=O) groups is 2. The summed E-state index contributed by atoms with van der Waals surface area (Å²) in [4.78, 5) is 37.2. The lowest BCUT2D eigenvalue weighted by Crippen LogP contribution is -2.49. The highest BCUT2D eigenvalue weighted by Crippen LogP contribution is 2.23. The normalized spacial score (nSPS) is 17.0. The number of esters is 1. The van der Waals surface area contributed by atoms with Crippen LogP contribution in [0.4, 0.5) is 11.4 Å². The number of nitro benzene ring substituents is 1. The third-order valence-corrected chi connectivity index (χ3v) is 4.65. The van der Waals surface area contributed by atoms with Crippen molar-refractivity contribution in [1.29, 1.82) is 0 Å². The van der Waals surface area contributed by atoms with Crippen LogP contribution in [0.1, 0.15) is 17.5 Å². The van der Waals surface area contributed by atoms with Crippen LogP contribution in [0.3, 0.4) is 0 Å². The number of benzene rings is 2. The van der Waals surface area contributed by atoms with Crippen molar-refractivity contribution in [3.63, 3.8) is 0 Å². The minimum Gasteiger partial charge on any atom is -0.463 e. The minimum atomic E-state index is -0.701. The van der Waals surface area contributed by atoms with Crippen LogP contribution < -0.4 is 5.32 Å². The monoisotopic (exact) mass is 383 g/mol. The number of rotatable bonds is 6. The van der Waals surface area contributed by atoms with Crippen molar-refractivity contribution in [2.75, 3.05) is 18.5 Å². The van der Waals surface area contributed by atoms with Crippen molar-refractivity contribution in [1.82, 2.24) is 4.90 Å².